The van der Waals surface area contributed by atoms with Gasteiger partial charge in [-0.25, -0.2) is 4.39 Å². The molecule has 0 bridgehead atoms. The molecule has 0 fully saturated rings. The monoisotopic (exact) mass is 218 g/mol. The molecule has 1 heterocycles. The molecule has 2 nitrogen and oxygen atoms in total. The van der Waals surface area contributed by atoms with Gasteiger partial charge in [-0.05, 0) is 42.4 Å². The van der Waals surface area contributed by atoms with E-state index in [9.17, 15) is 4.39 Å². The maximum atomic E-state index is 13.5. The highest BCUT2D eigenvalue weighted by molar-refractivity contribution is 5.57. The lowest BCUT2D eigenvalue weighted by atomic mass is 9.97. The second-order valence-corrected chi connectivity index (χ2v) is 4.75. The van der Waals surface area contributed by atoms with Crippen molar-refractivity contribution in [1.82, 2.24) is 5.32 Å². The van der Waals surface area contributed by atoms with E-state index in [2.05, 4.69) is 16.4 Å². The molecule has 3 heteroatoms. The normalized spacial score (nSPS) is 26.8. The Bertz CT molecular complexity index is 420. The van der Waals surface area contributed by atoms with Crippen LogP contribution in [-0.2, 0) is 12.8 Å². The summed E-state index contributed by atoms with van der Waals surface area (Å²) in [5.41, 5.74) is 2.13. The van der Waals surface area contributed by atoms with Gasteiger partial charge in [-0.1, -0.05) is 12.1 Å². The van der Waals surface area contributed by atoms with E-state index >= 15 is 0 Å². The van der Waals surface area contributed by atoms with Crippen molar-refractivity contribution in [2.75, 3.05) is 6.54 Å². The Morgan fingerprint density at radius 1 is 1.38 bits per heavy atom. The maximum absolute atomic E-state index is 13.5. The molecule has 1 aliphatic carbocycles. The molecule has 0 aromatic heterocycles. The Balaban J connectivity index is 1.68. The standard InChI is InChI=1S/C13H15FN2/c14-13-3-1-2-10-4-9(6-12(10)13)5-11-7-15-8-16-11/h1-3,8-9,11H,4-7H2,(H,15,16)/t9-,11+/m0/s1. The number of benzene rings is 1. The molecule has 1 aromatic rings. The molecule has 0 amide bonds. The van der Waals surface area contributed by atoms with E-state index in [1.165, 1.54) is 5.56 Å². The molecule has 1 N–H and O–H groups in total. The first-order valence-corrected chi connectivity index (χ1v) is 5.83. The molecule has 16 heavy (non-hydrogen) atoms. The van der Waals surface area contributed by atoms with Crippen LogP contribution in [0.1, 0.15) is 17.5 Å². The number of aliphatic imine (C=N–C) groups is 1. The van der Waals surface area contributed by atoms with Gasteiger partial charge in [0.15, 0.2) is 0 Å². The number of nitrogens with one attached hydrogen (secondary N) is 1. The Morgan fingerprint density at radius 2 is 2.31 bits per heavy atom. The Labute approximate surface area is 94.6 Å². The van der Waals surface area contributed by atoms with Gasteiger partial charge in [0.05, 0.1) is 12.9 Å². The maximum Gasteiger partial charge on any atom is 0.126 e. The van der Waals surface area contributed by atoms with Crippen LogP contribution >= 0.6 is 0 Å². The third-order valence-electron chi connectivity index (χ3n) is 3.56. The summed E-state index contributed by atoms with van der Waals surface area (Å²) in [7, 11) is 0. The fraction of sp³-hybridized carbons (Fsp3) is 0.462. The van der Waals surface area contributed by atoms with Gasteiger partial charge in [-0.2, -0.15) is 0 Å². The van der Waals surface area contributed by atoms with Crippen molar-refractivity contribution in [2.45, 2.75) is 25.3 Å². The van der Waals surface area contributed by atoms with Crippen molar-refractivity contribution >= 4 is 6.34 Å². The molecule has 1 aromatic carbocycles. The molecular formula is C13H15FN2. The Kier molecular flexibility index (Phi) is 2.39. The number of fused-ring (bicyclic) bond motifs is 1. The van der Waals surface area contributed by atoms with Gasteiger partial charge < -0.3 is 5.32 Å². The van der Waals surface area contributed by atoms with Crippen LogP contribution in [0.3, 0.4) is 0 Å². The van der Waals surface area contributed by atoms with E-state index in [1.807, 2.05) is 6.07 Å². The van der Waals surface area contributed by atoms with E-state index in [-0.39, 0.29) is 5.82 Å². The van der Waals surface area contributed by atoms with E-state index in [4.69, 9.17) is 0 Å². The minimum absolute atomic E-state index is 0.0318. The van der Waals surface area contributed by atoms with Gasteiger partial charge in [0.2, 0.25) is 0 Å². The first-order chi connectivity index (χ1) is 7.83. The van der Waals surface area contributed by atoms with Gasteiger partial charge in [0.25, 0.3) is 0 Å². The van der Waals surface area contributed by atoms with Crippen LogP contribution in [0.5, 0.6) is 0 Å². The second-order valence-electron chi connectivity index (χ2n) is 4.75. The molecule has 84 valence electrons. The molecule has 0 saturated heterocycles. The molecule has 1 aliphatic heterocycles. The average Bonchev–Trinajstić information content (AvgIpc) is 2.88. The van der Waals surface area contributed by atoms with Crippen molar-refractivity contribution in [3.8, 4) is 0 Å². The summed E-state index contributed by atoms with van der Waals surface area (Å²) in [5, 5.41) is 3.24. The Morgan fingerprint density at radius 3 is 3.06 bits per heavy atom. The average molecular weight is 218 g/mol. The smallest absolute Gasteiger partial charge is 0.126 e. The molecule has 0 spiro atoms. The van der Waals surface area contributed by atoms with Crippen molar-refractivity contribution in [2.24, 2.45) is 10.9 Å². The summed E-state index contributed by atoms with van der Waals surface area (Å²) in [6.07, 6.45) is 4.78. The van der Waals surface area contributed by atoms with Gasteiger partial charge in [0.1, 0.15) is 5.82 Å². The molecule has 2 atom stereocenters. The van der Waals surface area contributed by atoms with Crippen molar-refractivity contribution in [3.63, 3.8) is 0 Å². The first-order valence-electron chi connectivity index (χ1n) is 5.83. The molecule has 0 saturated carbocycles. The fourth-order valence-electron chi connectivity index (χ4n) is 2.80. The predicted octanol–water partition coefficient (Wildman–Crippen LogP) is 1.93. The molecule has 0 radical (unpaired) electrons. The van der Waals surface area contributed by atoms with Gasteiger partial charge >= 0.3 is 0 Å². The minimum atomic E-state index is -0.0318. The van der Waals surface area contributed by atoms with Crippen LogP contribution in [0.25, 0.3) is 0 Å². The number of hydrogen-bond donors (Lipinski definition) is 1. The fourth-order valence-corrected chi connectivity index (χ4v) is 2.80. The zero-order chi connectivity index (χ0) is 11.0. The first kappa shape index (κ1) is 9.82. The van der Waals surface area contributed by atoms with Gasteiger partial charge in [-0.15, -0.1) is 0 Å². The summed E-state index contributed by atoms with van der Waals surface area (Å²) in [5.74, 6) is 0.543. The van der Waals surface area contributed by atoms with Gasteiger partial charge in [0, 0.05) is 6.04 Å². The number of hydrogen-bond acceptors (Lipinski definition) is 2. The highest BCUT2D eigenvalue weighted by atomic mass is 19.1. The zero-order valence-corrected chi connectivity index (χ0v) is 9.12. The highest BCUT2D eigenvalue weighted by Gasteiger charge is 2.26. The van der Waals surface area contributed by atoms with E-state index in [0.717, 1.165) is 31.4 Å². The van der Waals surface area contributed by atoms with Crippen LogP contribution in [0.15, 0.2) is 23.2 Å². The van der Waals surface area contributed by atoms with Crippen molar-refractivity contribution < 1.29 is 4.39 Å². The van der Waals surface area contributed by atoms with Crippen molar-refractivity contribution in [3.05, 3.63) is 35.1 Å². The predicted molar refractivity (Wildman–Crippen MR) is 62.2 cm³/mol. The van der Waals surface area contributed by atoms with Crippen LogP contribution in [-0.4, -0.2) is 18.9 Å². The Hall–Kier alpha value is -1.38. The number of nitrogens with zero attached hydrogens (tertiary/aromatic N) is 1. The topological polar surface area (TPSA) is 24.4 Å². The van der Waals surface area contributed by atoms with Crippen LogP contribution < -0.4 is 5.32 Å². The van der Waals surface area contributed by atoms with Crippen molar-refractivity contribution in [1.29, 1.82) is 0 Å². The van der Waals surface area contributed by atoms with Gasteiger partial charge in [-0.3, -0.25) is 4.99 Å². The van der Waals surface area contributed by atoms with E-state index in [0.29, 0.717) is 12.0 Å². The van der Waals surface area contributed by atoms with E-state index < -0.39 is 0 Å². The minimum Gasteiger partial charge on any atom is -0.372 e. The van der Waals surface area contributed by atoms with Crippen LogP contribution in [0, 0.1) is 11.7 Å². The molecule has 3 rings (SSSR count). The lowest BCUT2D eigenvalue weighted by Gasteiger charge is -2.14. The quantitative estimate of drug-likeness (QED) is 0.806. The number of rotatable bonds is 2. The highest BCUT2D eigenvalue weighted by Crippen LogP contribution is 2.31. The third kappa shape index (κ3) is 1.70. The third-order valence-corrected chi connectivity index (χ3v) is 3.56. The molecule has 2 aliphatic rings. The number of halogens is 1. The molecular weight excluding hydrogens is 203 g/mol. The summed E-state index contributed by atoms with van der Waals surface area (Å²) < 4.78 is 13.5. The lowest BCUT2D eigenvalue weighted by molar-refractivity contribution is 0.442. The summed E-state index contributed by atoms with van der Waals surface area (Å²) in [6.45, 7) is 0.870. The van der Waals surface area contributed by atoms with Crippen LogP contribution in [0.2, 0.25) is 0 Å². The summed E-state index contributed by atoms with van der Waals surface area (Å²) in [4.78, 5) is 4.16. The summed E-state index contributed by atoms with van der Waals surface area (Å²) >= 11 is 0. The second kappa shape index (κ2) is 3.89. The summed E-state index contributed by atoms with van der Waals surface area (Å²) in [6, 6.07) is 5.89. The van der Waals surface area contributed by atoms with Crippen LogP contribution in [0.4, 0.5) is 4.39 Å². The lowest BCUT2D eigenvalue weighted by Crippen LogP contribution is -2.27. The van der Waals surface area contributed by atoms with E-state index in [1.54, 1.807) is 12.4 Å². The zero-order valence-electron chi connectivity index (χ0n) is 9.12. The molecule has 0 unspecified atom stereocenters. The SMILES string of the molecule is Fc1cccc2c1C[C@H](C[C@@H]1CN=CN1)C2. The largest absolute Gasteiger partial charge is 0.372 e.